The third-order valence-corrected chi connectivity index (χ3v) is 4.46. The largest absolute Gasteiger partial charge is 0.313 e. The molecule has 2 nitrogen and oxygen atoms in total. The molecule has 112 valence electrons. The Balaban J connectivity index is 2.10. The summed E-state index contributed by atoms with van der Waals surface area (Å²) in [5.41, 5.74) is 1.24. The van der Waals surface area contributed by atoms with Crippen LogP contribution in [-0.4, -0.2) is 30.6 Å². The van der Waals surface area contributed by atoms with Crippen molar-refractivity contribution in [3.63, 3.8) is 0 Å². The summed E-state index contributed by atoms with van der Waals surface area (Å²) in [6, 6.07) is 9.24. The molecular weight excluding hydrogens is 268 g/mol. The first-order valence-electron chi connectivity index (χ1n) is 7.79. The van der Waals surface area contributed by atoms with Gasteiger partial charge in [-0.2, -0.15) is 0 Å². The molecule has 20 heavy (non-hydrogen) atoms. The van der Waals surface area contributed by atoms with Crippen LogP contribution in [0.25, 0.3) is 0 Å². The van der Waals surface area contributed by atoms with Crippen LogP contribution in [0.3, 0.4) is 0 Å². The van der Waals surface area contributed by atoms with E-state index in [9.17, 15) is 0 Å². The highest BCUT2D eigenvalue weighted by molar-refractivity contribution is 6.31. The van der Waals surface area contributed by atoms with Crippen LogP contribution in [0, 0.1) is 5.92 Å². The monoisotopic (exact) mass is 294 g/mol. The minimum atomic E-state index is 0.369. The predicted molar refractivity (Wildman–Crippen MR) is 87.3 cm³/mol. The van der Waals surface area contributed by atoms with Crippen LogP contribution in [-0.2, 0) is 0 Å². The molecule has 0 radical (unpaired) electrons. The lowest BCUT2D eigenvalue weighted by Crippen LogP contribution is -2.40. The second-order valence-electron chi connectivity index (χ2n) is 6.34. The second-order valence-corrected chi connectivity index (χ2v) is 6.75. The van der Waals surface area contributed by atoms with E-state index >= 15 is 0 Å². The molecule has 0 saturated carbocycles. The number of benzene rings is 1. The SMILES string of the molecule is CC(C)CN(CC1CCCN1)C(C)c1ccccc1Cl. The molecule has 1 saturated heterocycles. The van der Waals surface area contributed by atoms with Crippen LogP contribution in [0.15, 0.2) is 24.3 Å². The van der Waals surface area contributed by atoms with Crippen LogP contribution in [0.2, 0.25) is 5.02 Å². The van der Waals surface area contributed by atoms with E-state index in [-0.39, 0.29) is 0 Å². The summed E-state index contributed by atoms with van der Waals surface area (Å²) in [6.45, 7) is 10.2. The van der Waals surface area contributed by atoms with E-state index in [1.54, 1.807) is 0 Å². The first kappa shape index (κ1) is 15.8. The van der Waals surface area contributed by atoms with Gasteiger partial charge in [-0.25, -0.2) is 0 Å². The van der Waals surface area contributed by atoms with Gasteiger partial charge in [-0.1, -0.05) is 43.6 Å². The van der Waals surface area contributed by atoms with Gasteiger partial charge in [0.2, 0.25) is 0 Å². The summed E-state index contributed by atoms with van der Waals surface area (Å²) in [7, 11) is 0. The Morgan fingerprint density at radius 1 is 1.30 bits per heavy atom. The van der Waals surface area contributed by atoms with Crippen LogP contribution < -0.4 is 5.32 Å². The van der Waals surface area contributed by atoms with Gasteiger partial charge < -0.3 is 5.32 Å². The highest BCUT2D eigenvalue weighted by atomic mass is 35.5. The topological polar surface area (TPSA) is 15.3 Å². The molecule has 0 bridgehead atoms. The Labute approximate surface area is 128 Å². The average Bonchev–Trinajstić information content (AvgIpc) is 2.90. The van der Waals surface area contributed by atoms with Gasteiger partial charge in [0.05, 0.1) is 0 Å². The number of hydrogen-bond acceptors (Lipinski definition) is 2. The number of nitrogens with one attached hydrogen (secondary N) is 1. The van der Waals surface area contributed by atoms with Gasteiger partial charge in [-0.15, -0.1) is 0 Å². The minimum Gasteiger partial charge on any atom is -0.313 e. The van der Waals surface area contributed by atoms with Gasteiger partial charge in [0, 0.05) is 30.2 Å². The van der Waals surface area contributed by atoms with E-state index in [1.807, 2.05) is 12.1 Å². The van der Waals surface area contributed by atoms with Gasteiger partial charge >= 0.3 is 0 Å². The molecular formula is C17H27ClN2. The molecule has 0 aromatic heterocycles. The quantitative estimate of drug-likeness (QED) is 0.849. The van der Waals surface area contributed by atoms with Crippen LogP contribution in [0.5, 0.6) is 0 Å². The molecule has 1 fully saturated rings. The van der Waals surface area contributed by atoms with Gasteiger partial charge in [-0.05, 0) is 43.9 Å². The summed E-state index contributed by atoms with van der Waals surface area (Å²) in [6.07, 6.45) is 2.60. The fourth-order valence-electron chi connectivity index (χ4n) is 3.07. The maximum atomic E-state index is 6.37. The molecule has 1 N–H and O–H groups in total. The average molecular weight is 295 g/mol. The smallest absolute Gasteiger partial charge is 0.0453 e. The zero-order valence-electron chi connectivity index (χ0n) is 12.9. The summed E-state index contributed by atoms with van der Waals surface area (Å²) in [4.78, 5) is 2.58. The molecule has 0 aliphatic carbocycles. The molecule has 0 amide bonds. The highest BCUT2D eigenvalue weighted by Crippen LogP contribution is 2.28. The van der Waals surface area contributed by atoms with Crippen molar-refractivity contribution in [1.29, 1.82) is 0 Å². The molecule has 0 spiro atoms. The van der Waals surface area contributed by atoms with Crippen molar-refractivity contribution >= 4 is 11.6 Å². The molecule has 2 atom stereocenters. The summed E-state index contributed by atoms with van der Waals surface area (Å²) >= 11 is 6.37. The van der Waals surface area contributed by atoms with E-state index in [1.165, 1.54) is 24.9 Å². The van der Waals surface area contributed by atoms with E-state index in [4.69, 9.17) is 11.6 Å². The molecule has 2 unspecified atom stereocenters. The van der Waals surface area contributed by atoms with Gasteiger partial charge in [0.25, 0.3) is 0 Å². The number of nitrogens with zero attached hydrogens (tertiary/aromatic N) is 1. The fourth-order valence-corrected chi connectivity index (χ4v) is 3.36. The van der Waals surface area contributed by atoms with Crippen molar-refractivity contribution < 1.29 is 0 Å². The van der Waals surface area contributed by atoms with E-state index < -0.39 is 0 Å². The van der Waals surface area contributed by atoms with Crippen molar-refractivity contribution in [3.8, 4) is 0 Å². The summed E-state index contributed by atoms with van der Waals surface area (Å²) in [5.74, 6) is 0.668. The third-order valence-electron chi connectivity index (χ3n) is 4.12. The van der Waals surface area contributed by atoms with Crippen molar-refractivity contribution in [1.82, 2.24) is 10.2 Å². The lowest BCUT2D eigenvalue weighted by molar-refractivity contribution is 0.171. The Hall–Kier alpha value is -0.570. The minimum absolute atomic E-state index is 0.369. The predicted octanol–water partition coefficient (Wildman–Crippen LogP) is 4.11. The maximum absolute atomic E-state index is 6.37. The van der Waals surface area contributed by atoms with Gasteiger partial charge in [-0.3, -0.25) is 4.90 Å². The zero-order chi connectivity index (χ0) is 14.5. The van der Waals surface area contributed by atoms with E-state index in [0.717, 1.165) is 18.1 Å². The van der Waals surface area contributed by atoms with Crippen molar-refractivity contribution in [2.45, 2.75) is 45.7 Å². The zero-order valence-corrected chi connectivity index (χ0v) is 13.7. The standard InChI is InChI=1S/C17H27ClN2/c1-13(2)11-20(12-15-7-6-10-19-15)14(3)16-8-4-5-9-17(16)18/h4-5,8-9,13-15,19H,6-7,10-12H2,1-3H3. The van der Waals surface area contributed by atoms with Crippen molar-refractivity contribution in [3.05, 3.63) is 34.9 Å². The summed E-state index contributed by atoms with van der Waals surface area (Å²) < 4.78 is 0. The number of halogens is 1. The Kier molecular flexibility index (Phi) is 5.88. The number of rotatable bonds is 6. The molecule has 1 aromatic rings. The molecule has 2 rings (SSSR count). The lowest BCUT2D eigenvalue weighted by atomic mass is 10.0. The Morgan fingerprint density at radius 3 is 2.65 bits per heavy atom. The van der Waals surface area contributed by atoms with Crippen molar-refractivity contribution in [2.24, 2.45) is 5.92 Å². The Morgan fingerprint density at radius 2 is 2.05 bits per heavy atom. The Bertz CT molecular complexity index is 413. The fraction of sp³-hybridized carbons (Fsp3) is 0.647. The normalized spacial score (nSPS) is 20.8. The van der Waals surface area contributed by atoms with E-state index in [0.29, 0.717) is 18.0 Å². The van der Waals surface area contributed by atoms with Gasteiger partial charge in [0.1, 0.15) is 0 Å². The van der Waals surface area contributed by atoms with Crippen LogP contribution in [0.1, 0.15) is 45.2 Å². The highest BCUT2D eigenvalue weighted by Gasteiger charge is 2.23. The lowest BCUT2D eigenvalue weighted by Gasteiger charge is -2.33. The van der Waals surface area contributed by atoms with E-state index in [2.05, 4.69) is 43.1 Å². The molecule has 1 aliphatic heterocycles. The molecule has 1 heterocycles. The number of hydrogen-bond donors (Lipinski definition) is 1. The first-order valence-corrected chi connectivity index (χ1v) is 8.17. The molecule has 1 aromatic carbocycles. The van der Waals surface area contributed by atoms with Gasteiger partial charge in [0.15, 0.2) is 0 Å². The molecule has 1 aliphatic rings. The molecule has 3 heteroatoms. The third kappa shape index (κ3) is 4.21. The first-order chi connectivity index (χ1) is 9.58. The summed E-state index contributed by atoms with van der Waals surface area (Å²) in [5, 5.41) is 4.49. The second kappa shape index (κ2) is 7.44. The van der Waals surface area contributed by atoms with Crippen LogP contribution in [0.4, 0.5) is 0 Å². The van der Waals surface area contributed by atoms with Crippen LogP contribution >= 0.6 is 11.6 Å². The maximum Gasteiger partial charge on any atom is 0.0453 e. The van der Waals surface area contributed by atoms with Crippen molar-refractivity contribution in [2.75, 3.05) is 19.6 Å².